The van der Waals surface area contributed by atoms with Gasteiger partial charge in [0, 0.05) is 16.0 Å². The number of benzene rings is 1. The average Bonchev–Trinajstić information content (AvgIpc) is 3.10. The fourth-order valence-corrected chi connectivity index (χ4v) is 4.37. The molecule has 0 unspecified atom stereocenters. The summed E-state index contributed by atoms with van der Waals surface area (Å²) in [5, 5.41) is 6.35. The van der Waals surface area contributed by atoms with Crippen molar-refractivity contribution in [2.24, 2.45) is 0 Å². The lowest BCUT2D eigenvalue weighted by molar-refractivity contribution is 0.797. The molecule has 0 saturated heterocycles. The number of thioether (sulfide) groups is 1. The van der Waals surface area contributed by atoms with Gasteiger partial charge in [-0.1, -0.05) is 35.5 Å². The maximum Gasteiger partial charge on any atom is 0.191 e. The molecule has 0 radical (unpaired) electrons. The first kappa shape index (κ1) is 14.0. The molecule has 3 heterocycles. The number of aromatic nitrogens is 4. The van der Waals surface area contributed by atoms with Gasteiger partial charge in [-0.15, -0.1) is 16.4 Å². The van der Waals surface area contributed by atoms with Gasteiger partial charge in [0.05, 0.1) is 9.85 Å². The lowest BCUT2D eigenvalue weighted by Gasteiger charge is -2.05. The molecule has 0 fully saturated rings. The third-order valence-corrected chi connectivity index (χ3v) is 5.62. The standard InChI is InChI=1S/C15H11ClN4S2/c1-9-17-14-11-4-2-3-5-12(11)18-15(20(14)19-9)21-8-10-6-7-13(16)22-10/h2-7H,8H2,1H3. The summed E-state index contributed by atoms with van der Waals surface area (Å²) in [7, 11) is 0. The Balaban J connectivity index is 1.80. The number of fused-ring (bicyclic) bond motifs is 3. The molecule has 110 valence electrons. The van der Waals surface area contributed by atoms with E-state index in [0.29, 0.717) is 0 Å². The van der Waals surface area contributed by atoms with Crippen LogP contribution in [-0.4, -0.2) is 19.6 Å². The highest BCUT2D eigenvalue weighted by Gasteiger charge is 2.12. The van der Waals surface area contributed by atoms with Gasteiger partial charge in [-0.05, 0) is 31.2 Å². The first-order valence-electron chi connectivity index (χ1n) is 6.70. The van der Waals surface area contributed by atoms with Crippen LogP contribution in [0, 0.1) is 6.92 Å². The minimum Gasteiger partial charge on any atom is -0.222 e. The van der Waals surface area contributed by atoms with Crippen molar-refractivity contribution in [3.8, 4) is 0 Å². The minimum absolute atomic E-state index is 0.749. The van der Waals surface area contributed by atoms with Crippen LogP contribution in [0.25, 0.3) is 16.6 Å². The Kier molecular flexibility index (Phi) is 3.52. The predicted octanol–water partition coefficient (Wildman–Crippen LogP) is 4.59. The number of hydrogen-bond donors (Lipinski definition) is 0. The van der Waals surface area contributed by atoms with Gasteiger partial charge >= 0.3 is 0 Å². The van der Waals surface area contributed by atoms with Gasteiger partial charge < -0.3 is 0 Å². The second-order valence-electron chi connectivity index (χ2n) is 4.80. The van der Waals surface area contributed by atoms with Gasteiger partial charge in [0.25, 0.3) is 0 Å². The quantitative estimate of drug-likeness (QED) is 0.402. The third-order valence-electron chi connectivity index (χ3n) is 3.23. The molecule has 22 heavy (non-hydrogen) atoms. The maximum absolute atomic E-state index is 5.98. The molecule has 1 aromatic carbocycles. The SMILES string of the molecule is Cc1nc2c3ccccc3nc(SCc3ccc(Cl)s3)n2n1. The Morgan fingerprint density at radius 2 is 2.05 bits per heavy atom. The number of para-hydroxylation sites is 1. The van der Waals surface area contributed by atoms with Gasteiger partial charge in [0.1, 0.15) is 5.82 Å². The Labute approximate surface area is 140 Å². The Bertz CT molecular complexity index is 976. The maximum atomic E-state index is 5.98. The monoisotopic (exact) mass is 346 g/mol. The Morgan fingerprint density at radius 1 is 1.18 bits per heavy atom. The van der Waals surface area contributed by atoms with Crippen LogP contribution in [0.3, 0.4) is 0 Å². The van der Waals surface area contributed by atoms with Crippen LogP contribution in [0.4, 0.5) is 0 Å². The Hall–Kier alpha value is -1.63. The third kappa shape index (κ3) is 2.47. The van der Waals surface area contributed by atoms with E-state index >= 15 is 0 Å². The first-order chi connectivity index (χ1) is 10.7. The van der Waals surface area contributed by atoms with Crippen LogP contribution in [-0.2, 0) is 5.75 Å². The van der Waals surface area contributed by atoms with Crippen molar-refractivity contribution in [1.82, 2.24) is 19.6 Å². The van der Waals surface area contributed by atoms with E-state index in [2.05, 4.69) is 10.1 Å². The molecule has 0 atom stereocenters. The fourth-order valence-electron chi connectivity index (χ4n) is 2.29. The van der Waals surface area contributed by atoms with E-state index < -0.39 is 0 Å². The van der Waals surface area contributed by atoms with Gasteiger partial charge in [0.15, 0.2) is 10.8 Å². The smallest absolute Gasteiger partial charge is 0.191 e. The molecule has 7 heteroatoms. The normalized spacial score (nSPS) is 11.5. The van der Waals surface area contributed by atoms with E-state index in [0.717, 1.165) is 37.6 Å². The zero-order valence-corrected chi connectivity index (χ0v) is 14.0. The van der Waals surface area contributed by atoms with Gasteiger partial charge in [-0.3, -0.25) is 0 Å². The van der Waals surface area contributed by atoms with E-state index in [1.807, 2.05) is 47.8 Å². The Morgan fingerprint density at radius 3 is 2.86 bits per heavy atom. The lowest BCUT2D eigenvalue weighted by atomic mass is 10.2. The van der Waals surface area contributed by atoms with E-state index in [4.69, 9.17) is 16.6 Å². The molecule has 4 rings (SSSR count). The van der Waals surface area contributed by atoms with E-state index in [9.17, 15) is 0 Å². The second-order valence-corrected chi connectivity index (χ2v) is 7.54. The molecule has 4 nitrogen and oxygen atoms in total. The second kappa shape index (κ2) is 5.53. The largest absolute Gasteiger partial charge is 0.222 e. The van der Waals surface area contributed by atoms with Crippen molar-refractivity contribution in [1.29, 1.82) is 0 Å². The molecule has 0 aliphatic carbocycles. The minimum atomic E-state index is 0.749. The van der Waals surface area contributed by atoms with Crippen molar-refractivity contribution in [3.05, 3.63) is 51.4 Å². The predicted molar refractivity (Wildman–Crippen MR) is 91.9 cm³/mol. The highest BCUT2D eigenvalue weighted by Crippen LogP contribution is 2.30. The van der Waals surface area contributed by atoms with Crippen molar-refractivity contribution < 1.29 is 0 Å². The van der Waals surface area contributed by atoms with Crippen molar-refractivity contribution in [2.45, 2.75) is 17.8 Å². The fraction of sp³-hybridized carbons (Fsp3) is 0.133. The van der Waals surface area contributed by atoms with Crippen LogP contribution in [0.5, 0.6) is 0 Å². The van der Waals surface area contributed by atoms with Crippen LogP contribution in [0.1, 0.15) is 10.7 Å². The number of nitrogens with zero attached hydrogens (tertiary/aromatic N) is 4. The molecular weight excluding hydrogens is 336 g/mol. The zero-order chi connectivity index (χ0) is 15.1. The highest BCUT2D eigenvalue weighted by atomic mass is 35.5. The topological polar surface area (TPSA) is 43.1 Å². The molecule has 0 amide bonds. The summed E-state index contributed by atoms with van der Waals surface area (Å²) in [6, 6.07) is 12.0. The lowest BCUT2D eigenvalue weighted by Crippen LogP contribution is -1.98. The molecule has 0 bridgehead atoms. The van der Waals surface area contributed by atoms with E-state index in [1.165, 1.54) is 4.88 Å². The van der Waals surface area contributed by atoms with E-state index in [1.54, 1.807) is 23.1 Å². The summed E-state index contributed by atoms with van der Waals surface area (Å²) in [6.45, 7) is 1.90. The molecule has 0 spiro atoms. The molecule has 0 N–H and O–H groups in total. The van der Waals surface area contributed by atoms with Crippen molar-refractivity contribution in [3.63, 3.8) is 0 Å². The summed E-state index contributed by atoms with van der Waals surface area (Å²) in [5.74, 6) is 1.57. The average molecular weight is 347 g/mol. The van der Waals surface area contributed by atoms with Gasteiger partial charge in [-0.2, -0.15) is 4.52 Å². The van der Waals surface area contributed by atoms with E-state index in [-0.39, 0.29) is 0 Å². The van der Waals surface area contributed by atoms with Crippen molar-refractivity contribution >= 4 is 51.2 Å². The van der Waals surface area contributed by atoms with Crippen LogP contribution in [0.2, 0.25) is 4.34 Å². The summed E-state index contributed by atoms with van der Waals surface area (Å²) in [5.41, 5.74) is 1.80. The highest BCUT2D eigenvalue weighted by molar-refractivity contribution is 7.98. The molecule has 0 aliphatic rings. The first-order valence-corrected chi connectivity index (χ1v) is 8.88. The number of rotatable bonds is 3. The molecule has 0 aliphatic heterocycles. The van der Waals surface area contributed by atoms with Crippen molar-refractivity contribution in [2.75, 3.05) is 0 Å². The van der Waals surface area contributed by atoms with Crippen LogP contribution in [0.15, 0.2) is 41.6 Å². The number of hydrogen-bond acceptors (Lipinski definition) is 5. The number of thiophene rings is 1. The summed E-state index contributed by atoms with van der Waals surface area (Å²) in [4.78, 5) is 10.5. The zero-order valence-electron chi connectivity index (χ0n) is 11.7. The summed E-state index contributed by atoms with van der Waals surface area (Å²) in [6.07, 6.45) is 0. The van der Waals surface area contributed by atoms with Gasteiger partial charge in [-0.25, -0.2) is 9.97 Å². The van der Waals surface area contributed by atoms with Gasteiger partial charge in [0.2, 0.25) is 0 Å². The van der Waals surface area contributed by atoms with Crippen LogP contribution < -0.4 is 0 Å². The van der Waals surface area contributed by atoms with Crippen LogP contribution >= 0.6 is 34.7 Å². The molecule has 3 aromatic heterocycles. The molecular formula is C15H11ClN4S2. The number of aryl methyl sites for hydroxylation is 1. The number of halogens is 1. The molecule has 4 aromatic rings. The molecule has 0 saturated carbocycles. The summed E-state index contributed by atoms with van der Waals surface area (Å²) < 4.78 is 2.64. The summed E-state index contributed by atoms with van der Waals surface area (Å²) >= 11 is 9.22.